The van der Waals surface area contributed by atoms with Crippen LogP contribution in [-0.4, -0.2) is 18.4 Å². The fourth-order valence-electron chi connectivity index (χ4n) is 1.74. The first-order chi connectivity index (χ1) is 6.75. The second-order valence-electron chi connectivity index (χ2n) is 3.59. The van der Waals surface area contributed by atoms with E-state index < -0.39 is 5.97 Å². The van der Waals surface area contributed by atoms with Gasteiger partial charge in [-0.25, -0.2) is 4.79 Å². The molecule has 0 aromatic heterocycles. The molecule has 3 heteroatoms. The number of ketones is 1. The van der Waals surface area contributed by atoms with Crippen molar-refractivity contribution in [2.24, 2.45) is 5.92 Å². The van der Waals surface area contributed by atoms with Crippen molar-refractivity contribution >= 4 is 11.8 Å². The predicted molar refractivity (Wildman–Crippen MR) is 52.7 cm³/mol. The number of hydrogen-bond donors (Lipinski definition) is 0. The quantitative estimate of drug-likeness (QED) is 0.391. The molecule has 0 aliphatic heterocycles. The number of esters is 1. The summed E-state index contributed by atoms with van der Waals surface area (Å²) in [5.74, 6) is -1.15. The Morgan fingerprint density at radius 2 is 1.93 bits per heavy atom. The van der Waals surface area contributed by atoms with Crippen LogP contribution < -0.4 is 0 Å². The normalized spacial score (nSPS) is 17.4. The lowest BCUT2D eigenvalue weighted by molar-refractivity contribution is -0.155. The summed E-state index contributed by atoms with van der Waals surface area (Å²) in [5, 5.41) is 0. The first-order valence-corrected chi connectivity index (χ1v) is 5.07. The molecule has 1 aliphatic rings. The van der Waals surface area contributed by atoms with Crippen LogP contribution in [0.25, 0.3) is 0 Å². The Balaban J connectivity index is 2.38. The third-order valence-electron chi connectivity index (χ3n) is 2.51. The van der Waals surface area contributed by atoms with E-state index in [1.165, 1.54) is 12.5 Å². The van der Waals surface area contributed by atoms with E-state index in [0.717, 1.165) is 25.7 Å². The molecule has 1 saturated carbocycles. The van der Waals surface area contributed by atoms with Crippen LogP contribution in [0.1, 0.15) is 32.1 Å². The molecule has 14 heavy (non-hydrogen) atoms. The highest BCUT2D eigenvalue weighted by molar-refractivity contribution is 6.34. The lowest BCUT2D eigenvalue weighted by Crippen LogP contribution is -2.27. The third-order valence-corrected chi connectivity index (χ3v) is 2.51. The first-order valence-electron chi connectivity index (χ1n) is 5.07. The van der Waals surface area contributed by atoms with Gasteiger partial charge in [0, 0.05) is 5.92 Å². The van der Waals surface area contributed by atoms with E-state index in [-0.39, 0.29) is 18.3 Å². The van der Waals surface area contributed by atoms with Crippen molar-refractivity contribution in [3.05, 3.63) is 12.7 Å². The van der Waals surface area contributed by atoms with Crippen molar-refractivity contribution in [3.63, 3.8) is 0 Å². The zero-order valence-corrected chi connectivity index (χ0v) is 8.33. The van der Waals surface area contributed by atoms with Gasteiger partial charge in [0.05, 0.1) is 0 Å². The zero-order valence-electron chi connectivity index (χ0n) is 8.33. The Morgan fingerprint density at radius 1 is 1.29 bits per heavy atom. The SMILES string of the molecule is C=CCOC(=O)C(=O)C1CCCCC1. The third kappa shape index (κ3) is 2.98. The second kappa shape index (κ2) is 5.58. The van der Waals surface area contributed by atoms with Gasteiger partial charge in [0.2, 0.25) is 5.78 Å². The zero-order chi connectivity index (χ0) is 10.4. The minimum Gasteiger partial charge on any atom is -0.456 e. The molecular weight excluding hydrogens is 180 g/mol. The summed E-state index contributed by atoms with van der Waals surface area (Å²) >= 11 is 0. The van der Waals surface area contributed by atoms with Gasteiger partial charge in [-0.3, -0.25) is 4.79 Å². The Labute approximate surface area is 84.1 Å². The molecular formula is C11H16O3. The molecule has 0 heterocycles. The summed E-state index contributed by atoms with van der Waals surface area (Å²) in [5.41, 5.74) is 0. The molecule has 3 nitrogen and oxygen atoms in total. The number of carbonyl (C=O) groups excluding carboxylic acids is 2. The highest BCUT2D eigenvalue weighted by atomic mass is 16.5. The Hall–Kier alpha value is -1.12. The van der Waals surface area contributed by atoms with Crippen molar-refractivity contribution < 1.29 is 14.3 Å². The van der Waals surface area contributed by atoms with E-state index in [1.54, 1.807) is 0 Å². The van der Waals surface area contributed by atoms with E-state index in [4.69, 9.17) is 4.74 Å². The molecule has 0 atom stereocenters. The molecule has 1 rings (SSSR count). The molecule has 0 aromatic rings. The largest absolute Gasteiger partial charge is 0.456 e. The lowest BCUT2D eigenvalue weighted by atomic mass is 9.86. The monoisotopic (exact) mass is 196 g/mol. The summed E-state index contributed by atoms with van der Waals surface area (Å²) < 4.78 is 4.70. The van der Waals surface area contributed by atoms with Crippen LogP contribution >= 0.6 is 0 Å². The van der Waals surface area contributed by atoms with Gasteiger partial charge in [-0.1, -0.05) is 31.9 Å². The Bertz CT molecular complexity index is 227. The van der Waals surface area contributed by atoms with Gasteiger partial charge in [0.1, 0.15) is 6.61 Å². The first kappa shape index (κ1) is 11.0. The summed E-state index contributed by atoms with van der Waals surface area (Å²) in [6, 6.07) is 0. The average molecular weight is 196 g/mol. The van der Waals surface area contributed by atoms with Crippen molar-refractivity contribution in [1.82, 2.24) is 0 Å². The van der Waals surface area contributed by atoms with Gasteiger partial charge >= 0.3 is 5.97 Å². The molecule has 1 fully saturated rings. The summed E-state index contributed by atoms with van der Waals surface area (Å²) in [6.45, 7) is 3.54. The van der Waals surface area contributed by atoms with Crippen molar-refractivity contribution in [2.45, 2.75) is 32.1 Å². The van der Waals surface area contributed by atoms with Gasteiger partial charge in [0.25, 0.3) is 0 Å². The Morgan fingerprint density at radius 3 is 2.50 bits per heavy atom. The van der Waals surface area contributed by atoms with Crippen molar-refractivity contribution in [2.75, 3.05) is 6.61 Å². The minimum atomic E-state index is -0.697. The summed E-state index contributed by atoms with van der Waals surface area (Å²) in [4.78, 5) is 22.7. The van der Waals surface area contributed by atoms with Crippen LogP contribution in [0, 0.1) is 5.92 Å². The predicted octanol–water partition coefficient (Wildman–Crippen LogP) is 1.86. The molecule has 0 saturated heterocycles. The van der Waals surface area contributed by atoms with Gasteiger partial charge in [0.15, 0.2) is 0 Å². The smallest absolute Gasteiger partial charge is 0.375 e. The molecule has 1 aliphatic carbocycles. The fraction of sp³-hybridized carbons (Fsp3) is 0.636. The number of hydrogen-bond acceptors (Lipinski definition) is 3. The molecule has 0 unspecified atom stereocenters. The molecule has 78 valence electrons. The maximum Gasteiger partial charge on any atom is 0.375 e. The van der Waals surface area contributed by atoms with Crippen LogP contribution in [0.5, 0.6) is 0 Å². The van der Waals surface area contributed by atoms with E-state index in [2.05, 4.69) is 6.58 Å². The van der Waals surface area contributed by atoms with Crippen LogP contribution in [0.2, 0.25) is 0 Å². The van der Waals surface area contributed by atoms with Crippen molar-refractivity contribution in [1.29, 1.82) is 0 Å². The minimum absolute atomic E-state index is 0.0962. The summed E-state index contributed by atoms with van der Waals surface area (Å²) in [6.07, 6.45) is 6.40. The van der Waals surface area contributed by atoms with Crippen LogP contribution in [0.15, 0.2) is 12.7 Å². The number of Topliss-reactive ketones (excluding diaryl/α,β-unsaturated/α-hetero) is 1. The van der Waals surface area contributed by atoms with Gasteiger partial charge in [-0.15, -0.1) is 0 Å². The highest BCUT2D eigenvalue weighted by Gasteiger charge is 2.27. The lowest BCUT2D eigenvalue weighted by Gasteiger charge is -2.18. The molecule has 0 amide bonds. The topological polar surface area (TPSA) is 43.4 Å². The maximum absolute atomic E-state index is 11.5. The van der Waals surface area contributed by atoms with Crippen LogP contribution in [0.4, 0.5) is 0 Å². The summed E-state index contributed by atoms with van der Waals surface area (Å²) in [7, 11) is 0. The molecule has 0 spiro atoms. The van der Waals surface area contributed by atoms with Crippen molar-refractivity contribution in [3.8, 4) is 0 Å². The van der Waals surface area contributed by atoms with E-state index >= 15 is 0 Å². The van der Waals surface area contributed by atoms with Gasteiger partial charge in [-0.05, 0) is 12.8 Å². The Kier molecular flexibility index (Phi) is 4.36. The number of rotatable bonds is 4. The molecule has 0 bridgehead atoms. The van der Waals surface area contributed by atoms with E-state index in [0.29, 0.717) is 0 Å². The maximum atomic E-state index is 11.5. The number of ether oxygens (including phenoxy) is 1. The van der Waals surface area contributed by atoms with E-state index in [9.17, 15) is 9.59 Å². The van der Waals surface area contributed by atoms with E-state index in [1.807, 2.05) is 0 Å². The highest BCUT2D eigenvalue weighted by Crippen LogP contribution is 2.24. The van der Waals surface area contributed by atoms with Crippen LogP contribution in [0.3, 0.4) is 0 Å². The molecule has 0 radical (unpaired) electrons. The molecule has 0 N–H and O–H groups in total. The second-order valence-corrected chi connectivity index (χ2v) is 3.59. The fourth-order valence-corrected chi connectivity index (χ4v) is 1.74. The molecule has 0 aromatic carbocycles. The van der Waals surface area contributed by atoms with Gasteiger partial charge < -0.3 is 4.74 Å². The van der Waals surface area contributed by atoms with Gasteiger partial charge in [-0.2, -0.15) is 0 Å². The number of carbonyl (C=O) groups is 2. The standard InChI is InChI=1S/C11H16O3/c1-2-8-14-11(13)10(12)9-6-4-3-5-7-9/h2,9H,1,3-8H2. The average Bonchev–Trinajstić information content (AvgIpc) is 2.26. The van der Waals surface area contributed by atoms with Crippen LogP contribution in [-0.2, 0) is 14.3 Å².